The van der Waals surface area contributed by atoms with E-state index in [1.807, 2.05) is 37.2 Å². The van der Waals surface area contributed by atoms with Crippen LogP contribution < -0.4 is 0 Å². The molecule has 10 heteroatoms. The SMILES string of the molecule is CN(C)Cc1cncc(-c2cnc3n[nH]c(-c4nc5nccc(-c6ccoc6)c5[nH]4)c3c2F)c1. The highest BCUT2D eigenvalue weighted by atomic mass is 19.1. The van der Waals surface area contributed by atoms with Gasteiger partial charge in [-0.3, -0.25) is 10.1 Å². The smallest absolute Gasteiger partial charge is 0.184 e. The van der Waals surface area contributed by atoms with Crippen LogP contribution in [-0.4, -0.2) is 54.1 Å². The third-order valence-electron chi connectivity index (χ3n) is 5.58. The summed E-state index contributed by atoms with van der Waals surface area (Å²) in [4.78, 5) is 22.9. The molecule has 34 heavy (non-hydrogen) atoms. The van der Waals surface area contributed by atoms with Crippen LogP contribution in [0.25, 0.3) is 56.0 Å². The van der Waals surface area contributed by atoms with Crippen molar-refractivity contribution in [1.29, 1.82) is 0 Å². The lowest BCUT2D eigenvalue weighted by Gasteiger charge is -2.11. The van der Waals surface area contributed by atoms with Crippen molar-refractivity contribution in [2.24, 2.45) is 0 Å². The Labute approximate surface area is 192 Å². The predicted octanol–water partition coefficient (Wildman–Crippen LogP) is 4.42. The molecule has 6 aromatic rings. The number of pyridine rings is 3. The van der Waals surface area contributed by atoms with Crippen molar-refractivity contribution in [1.82, 2.24) is 40.0 Å². The summed E-state index contributed by atoms with van der Waals surface area (Å²) in [5, 5.41) is 7.33. The Balaban J connectivity index is 1.50. The third-order valence-corrected chi connectivity index (χ3v) is 5.58. The number of fused-ring (bicyclic) bond motifs is 2. The molecule has 0 aliphatic carbocycles. The summed E-state index contributed by atoms with van der Waals surface area (Å²) in [6.45, 7) is 0.695. The number of hydrogen-bond donors (Lipinski definition) is 2. The van der Waals surface area contributed by atoms with Crippen LogP contribution in [0.4, 0.5) is 4.39 Å². The van der Waals surface area contributed by atoms with Gasteiger partial charge in [0.15, 0.2) is 17.1 Å². The number of aromatic amines is 2. The summed E-state index contributed by atoms with van der Waals surface area (Å²) in [6.07, 6.45) is 9.81. The molecular formula is C24H19FN8O. The molecule has 0 saturated heterocycles. The minimum atomic E-state index is -0.443. The number of halogens is 1. The summed E-state index contributed by atoms with van der Waals surface area (Å²) < 4.78 is 21.1. The Bertz CT molecular complexity index is 1630. The number of furan rings is 1. The highest BCUT2D eigenvalue weighted by Crippen LogP contribution is 2.34. The molecule has 0 saturated carbocycles. The van der Waals surface area contributed by atoms with E-state index < -0.39 is 5.82 Å². The van der Waals surface area contributed by atoms with E-state index in [0.29, 0.717) is 40.4 Å². The van der Waals surface area contributed by atoms with Crippen LogP contribution in [0.2, 0.25) is 0 Å². The molecule has 0 bridgehead atoms. The van der Waals surface area contributed by atoms with E-state index in [4.69, 9.17) is 4.42 Å². The number of H-pyrrole nitrogens is 2. The molecular weight excluding hydrogens is 435 g/mol. The van der Waals surface area contributed by atoms with Gasteiger partial charge in [0, 0.05) is 53.6 Å². The van der Waals surface area contributed by atoms with Crippen molar-refractivity contribution in [3.05, 3.63) is 66.9 Å². The van der Waals surface area contributed by atoms with Crippen LogP contribution >= 0.6 is 0 Å². The zero-order valence-corrected chi connectivity index (χ0v) is 18.4. The zero-order valence-electron chi connectivity index (χ0n) is 18.4. The van der Waals surface area contributed by atoms with E-state index in [1.54, 1.807) is 31.1 Å². The lowest BCUT2D eigenvalue weighted by atomic mass is 10.1. The van der Waals surface area contributed by atoms with Crippen LogP contribution in [0, 0.1) is 5.82 Å². The first-order valence-electron chi connectivity index (χ1n) is 10.6. The van der Waals surface area contributed by atoms with E-state index in [2.05, 4.69) is 35.1 Å². The molecule has 0 radical (unpaired) electrons. The normalized spacial score (nSPS) is 11.8. The minimum Gasteiger partial charge on any atom is -0.472 e. The number of imidazole rings is 1. The average Bonchev–Trinajstić information content (AvgIpc) is 3.57. The molecule has 6 aromatic heterocycles. The lowest BCUT2D eigenvalue weighted by molar-refractivity contribution is 0.402. The molecule has 6 heterocycles. The van der Waals surface area contributed by atoms with Gasteiger partial charge in [0.25, 0.3) is 0 Å². The first kappa shape index (κ1) is 20.2. The molecule has 2 N–H and O–H groups in total. The van der Waals surface area contributed by atoms with E-state index in [-0.39, 0.29) is 11.0 Å². The Morgan fingerprint density at radius 1 is 1.03 bits per heavy atom. The second kappa shape index (κ2) is 7.85. The molecule has 168 valence electrons. The van der Waals surface area contributed by atoms with Gasteiger partial charge in [0.1, 0.15) is 11.5 Å². The fourth-order valence-electron chi connectivity index (χ4n) is 4.10. The van der Waals surface area contributed by atoms with Gasteiger partial charge in [-0.05, 0) is 37.9 Å². The standard InChI is InChI=1S/C24H19FN8O/c1-33(2)11-13-7-15(9-26-8-13)17-10-28-22-18(19(17)25)21(31-32-22)24-29-20-16(14-4-6-34-12-14)3-5-27-23(20)30-24/h3-10,12H,11H2,1-2H3,(H,27,29,30)(H,28,31,32). The van der Waals surface area contributed by atoms with Crippen LogP contribution in [0.3, 0.4) is 0 Å². The maximum Gasteiger partial charge on any atom is 0.184 e. The maximum atomic E-state index is 15.9. The monoisotopic (exact) mass is 454 g/mol. The zero-order chi connectivity index (χ0) is 23.2. The van der Waals surface area contributed by atoms with Crippen molar-refractivity contribution in [2.45, 2.75) is 6.54 Å². The number of hydrogen-bond acceptors (Lipinski definition) is 7. The minimum absolute atomic E-state index is 0.249. The summed E-state index contributed by atoms with van der Waals surface area (Å²) in [5.74, 6) is -0.0284. The summed E-state index contributed by atoms with van der Waals surface area (Å²) >= 11 is 0. The second-order valence-corrected chi connectivity index (χ2v) is 8.26. The van der Waals surface area contributed by atoms with Crippen molar-refractivity contribution < 1.29 is 8.81 Å². The first-order valence-corrected chi connectivity index (χ1v) is 10.6. The molecule has 0 amide bonds. The third kappa shape index (κ3) is 3.32. The number of rotatable bonds is 5. The van der Waals surface area contributed by atoms with Crippen LogP contribution in [0.1, 0.15) is 5.56 Å². The Kier molecular flexibility index (Phi) is 4.66. The van der Waals surface area contributed by atoms with Gasteiger partial charge < -0.3 is 14.3 Å². The van der Waals surface area contributed by atoms with Crippen LogP contribution in [0.5, 0.6) is 0 Å². The molecule has 0 aliphatic rings. The summed E-state index contributed by atoms with van der Waals surface area (Å²) in [6, 6.07) is 5.64. The number of aromatic nitrogens is 7. The predicted molar refractivity (Wildman–Crippen MR) is 125 cm³/mol. The lowest BCUT2D eigenvalue weighted by Crippen LogP contribution is -2.10. The molecule has 0 spiro atoms. The van der Waals surface area contributed by atoms with E-state index in [1.165, 1.54) is 6.20 Å². The molecule has 0 atom stereocenters. The topological polar surface area (TPSA) is 112 Å². The fourth-order valence-corrected chi connectivity index (χ4v) is 4.10. The van der Waals surface area contributed by atoms with Crippen molar-refractivity contribution >= 4 is 22.2 Å². The van der Waals surface area contributed by atoms with E-state index in [9.17, 15) is 0 Å². The maximum absolute atomic E-state index is 15.9. The highest BCUT2D eigenvalue weighted by Gasteiger charge is 2.21. The number of nitrogens with zero attached hydrogens (tertiary/aromatic N) is 6. The van der Waals surface area contributed by atoms with Crippen LogP contribution in [0.15, 0.2) is 59.9 Å². The number of nitrogens with one attached hydrogen (secondary N) is 2. The van der Waals surface area contributed by atoms with Gasteiger partial charge in [0.2, 0.25) is 0 Å². The second-order valence-electron chi connectivity index (χ2n) is 8.26. The summed E-state index contributed by atoms with van der Waals surface area (Å²) in [7, 11) is 3.94. The first-order chi connectivity index (χ1) is 16.6. The van der Waals surface area contributed by atoms with Crippen LogP contribution in [-0.2, 0) is 6.54 Å². The van der Waals surface area contributed by atoms with Crippen molar-refractivity contribution in [3.63, 3.8) is 0 Å². The molecule has 9 nitrogen and oxygen atoms in total. The van der Waals surface area contributed by atoms with Crippen molar-refractivity contribution in [3.8, 4) is 33.8 Å². The van der Waals surface area contributed by atoms with Gasteiger partial charge in [-0.1, -0.05) is 0 Å². The van der Waals surface area contributed by atoms with E-state index in [0.717, 1.165) is 16.7 Å². The quantitative estimate of drug-likeness (QED) is 0.396. The highest BCUT2D eigenvalue weighted by molar-refractivity contribution is 5.96. The van der Waals surface area contributed by atoms with Gasteiger partial charge in [-0.15, -0.1) is 0 Å². The van der Waals surface area contributed by atoms with E-state index >= 15 is 4.39 Å². The molecule has 6 rings (SSSR count). The fraction of sp³-hybridized carbons (Fsp3) is 0.125. The van der Waals surface area contributed by atoms with Gasteiger partial charge in [-0.25, -0.2) is 19.3 Å². The Hall–Kier alpha value is -4.44. The summed E-state index contributed by atoms with van der Waals surface area (Å²) in [5.41, 5.74) is 5.61. The molecule has 0 aliphatic heterocycles. The Morgan fingerprint density at radius 3 is 2.76 bits per heavy atom. The average molecular weight is 454 g/mol. The molecule has 0 unspecified atom stereocenters. The van der Waals surface area contributed by atoms with Gasteiger partial charge in [-0.2, -0.15) is 5.10 Å². The largest absolute Gasteiger partial charge is 0.472 e. The molecule has 0 fully saturated rings. The van der Waals surface area contributed by atoms with Gasteiger partial charge >= 0.3 is 0 Å². The molecule has 0 aromatic carbocycles. The van der Waals surface area contributed by atoms with Crippen molar-refractivity contribution in [2.75, 3.05) is 14.1 Å². The van der Waals surface area contributed by atoms with Gasteiger partial charge in [0.05, 0.1) is 23.4 Å². The Morgan fingerprint density at radius 2 is 1.94 bits per heavy atom.